The maximum absolute atomic E-state index is 11.9. The molecule has 1 aliphatic rings. The summed E-state index contributed by atoms with van der Waals surface area (Å²) in [5.41, 5.74) is 0. The summed E-state index contributed by atoms with van der Waals surface area (Å²) < 4.78 is 0. The Labute approximate surface area is 105 Å². The summed E-state index contributed by atoms with van der Waals surface area (Å²) in [6.45, 7) is -0.261. The normalized spacial score (nSPS) is 16.8. The van der Waals surface area contributed by atoms with Crippen molar-refractivity contribution in [3.05, 3.63) is 0 Å². The van der Waals surface area contributed by atoms with Gasteiger partial charge in [-0.1, -0.05) is 0 Å². The highest BCUT2D eigenvalue weighted by atomic mass is 16.4. The van der Waals surface area contributed by atoms with Crippen molar-refractivity contribution in [2.45, 2.75) is 37.8 Å². The largest absolute Gasteiger partial charge is 0.480 e. The molecule has 2 amide bonds. The minimum absolute atomic E-state index is 0.0150. The predicted octanol–water partition coefficient (Wildman–Crippen LogP) is -0.622. The minimum atomic E-state index is -1.28. The number of carbonyl (C=O) groups excluding carboxylic acids is 1. The summed E-state index contributed by atoms with van der Waals surface area (Å²) in [4.78, 5) is 24.2. The lowest BCUT2D eigenvalue weighted by Gasteiger charge is -2.38. The lowest BCUT2D eigenvalue weighted by molar-refractivity contribution is -0.140. The highest BCUT2D eigenvalue weighted by Gasteiger charge is 2.30. The van der Waals surface area contributed by atoms with Gasteiger partial charge < -0.3 is 25.5 Å². The zero-order valence-electron chi connectivity index (χ0n) is 10.2. The van der Waals surface area contributed by atoms with Crippen molar-refractivity contribution in [3.8, 4) is 0 Å². The van der Waals surface area contributed by atoms with Gasteiger partial charge in [-0.2, -0.15) is 0 Å². The summed E-state index contributed by atoms with van der Waals surface area (Å²) in [5, 5.41) is 28.7. The molecule has 104 valence electrons. The van der Waals surface area contributed by atoms with Crippen LogP contribution >= 0.6 is 0 Å². The number of hydrogen-bond acceptors (Lipinski definition) is 4. The second-order valence-electron chi connectivity index (χ2n) is 4.38. The van der Waals surface area contributed by atoms with Crippen LogP contribution in [0.5, 0.6) is 0 Å². The first-order valence-corrected chi connectivity index (χ1v) is 6.11. The first-order chi connectivity index (χ1) is 8.60. The van der Waals surface area contributed by atoms with Crippen molar-refractivity contribution in [1.29, 1.82) is 0 Å². The fraction of sp³-hybridized carbons (Fsp3) is 0.818. The van der Waals surface area contributed by atoms with Gasteiger partial charge in [0.15, 0.2) is 6.04 Å². The summed E-state index contributed by atoms with van der Waals surface area (Å²) in [5.74, 6) is -1.26. The van der Waals surface area contributed by atoms with Gasteiger partial charge in [-0.25, -0.2) is 9.59 Å². The molecule has 0 heterocycles. The van der Waals surface area contributed by atoms with Gasteiger partial charge in [-0.05, 0) is 25.7 Å². The average Bonchev–Trinajstić information content (AvgIpc) is 2.27. The van der Waals surface area contributed by atoms with Crippen LogP contribution in [0.3, 0.4) is 0 Å². The SMILES string of the molecule is O=C(O)[C@H](CO)NC(=O)N(CCCO)C1CCC1. The van der Waals surface area contributed by atoms with E-state index in [1.165, 1.54) is 0 Å². The van der Waals surface area contributed by atoms with Crippen LogP contribution < -0.4 is 5.32 Å². The third kappa shape index (κ3) is 3.85. The Bertz CT molecular complexity index is 293. The first-order valence-electron chi connectivity index (χ1n) is 6.11. The van der Waals surface area contributed by atoms with E-state index >= 15 is 0 Å². The Hall–Kier alpha value is -1.34. The van der Waals surface area contributed by atoms with Gasteiger partial charge in [0.1, 0.15) is 0 Å². The van der Waals surface area contributed by atoms with Crippen LogP contribution in [0.1, 0.15) is 25.7 Å². The van der Waals surface area contributed by atoms with E-state index in [0.29, 0.717) is 13.0 Å². The number of carboxylic acid groups (broad SMARTS) is 1. The fourth-order valence-corrected chi connectivity index (χ4v) is 1.81. The molecule has 1 aliphatic carbocycles. The van der Waals surface area contributed by atoms with Gasteiger partial charge >= 0.3 is 12.0 Å². The molecule has 0 aliphatic heterocycles. The number of amides is 2. The molecular formula is C11H20N2O5. The van der Waals surface area contributed by atoms with Crippen LogP contribution in [0.4, 0.5) is 4.79 Å². The molecule has 0 saturated heterocycles. The molecular weight excluding hydrogens is 240 g/mol. The molecule has 0 aromatic rings. The molecule has 0 unspecified atom stereocenters. The van der Waals surface area contributed by atoms with Crippen LogP contribution in [0.15, 0.2) is 0 Å². The van der Waals surface area contributed by atoms with Gasteiger partial charge in [0, 0.05) is 19.2 Å². The van der Waals surface area contributed by atoms with Gasteiger partial charge in [-0.3, -0.25) is 0 Å². The van der Waals surface area contributed by atoms with Crippen molar-refractivity contribution in [2.75, 3.05) is 19.8 Å². The standard InChI is InChI=1S/C11H20N2O5/c14-6-2-5-13(8-3-1-4-8)11(18)12-9(7-15)10(16)17/h8-9,14-15H,1-7H2,(H,12,18)(H,16,17)/t9-/m0/s1. The topological polar surface area (TPSA) is 110 Å². The third-order valence-electron chi connectivity index (χ3n) is 3.11. The smallest absolute Gasteiger partial charge is 0.328 e. The van der Waals surface area contributed by atoms with E-state index < -0.39 is 24.6 Å². The van der Waals surface area contributed by atoms with Crippen molar-refractivity contribution in [3.63, 3.8) is 0 Å². The van der Waals surface area contributed by atoms with E-state index in [4.69, 9.17) is 15.3 Å². The van der Waals surface area contributed by atoms with Crippen molar-refractivity contribution >= 4 is 12.0 Å². The monoisotopic (exact) mass is 260 g/mol. The van der Waals surface area contributed by atoms with Gasteiger partial charge in [-0.15, -0.1) is 0 Å². The molecule has 0 bridgehead atoms. The fourth-order valence-electron chi connectivity index (χ4n) is 1.81. The van der Waals surface area contributed by atoms with Crippen LogP contribution in [0.2, 0.25) is 0 Å². The van der Waals surface area contributed by atoms with Crippen molar-refractivity contribution in [1.82, 2.24) is 10.2 Å². The quantitative estimate of drug-likeness (QED) is 0.487. The van der Waals surface area contributed by atoms with Gasteiger partial charge in [0.2, 0.25) is 0 Å². The number of carbonyl (C=O) groups is 2. The molecule has 7 nitrogen and oxygen atoms in total. The summed E-state index contributed by atoms with van der Waals surface area (Å²) in [6.07, 6.45) is 3.31. The Morgan fingerprint density at radius 2 is 2.00 bits per heavy atom. The van der Waals surface area contributed by atoms with Crippen molar-refractivity contribution < 1.29 is 24.9 Å². The number of aliphatic carboxylic acids is 1. The Morgan fingerprint density at radius 3 is 2.39 bits per heavy atom. The van der Waals surface area contributed by atoms with Crippen LogP contribution in [0, 0.1) is 0 Å². The second-order valence-corrected chi connectivity index (χ2v) is 4.38. The molecule has 1 saturated carbocycles. The molecule has 4 N–H and O–H groups in total. The summed E-state index contributed by atoms with van der Waals surface area (Å²) in [6, 6.07) is -1.66. The number of aliphatic hydroxyl groups is 2. The molecule has 0 aromatic heterocycles. The van der Waals surface area contributed by atoms with Crippen molar-refractivity contribution in [2.24, 2.45) is 0 Å². The lowest BCUT2D eigenvalue weighted by Crippen LogP contribution is -2.54. The number of nitrogens with zero attached hydrogens (tertiary/aromatic N) is 1. The van der Waals surface area contributed by atoms with E-state index in [1.54, 1.807) is 4.90 Å². The van der Waals surface area contributed by atoms with E-state index in [2.05, 4.69) is 5.32 Å². The molecule has 7 heteroatoms. The molecule has 18 heavy (non-hydrogen) atoms. The highest BCUT2D eigenvalue weighted by molar-refractivity contribution is 5.82. The van der Waals surface area contributed by atoms with Crippen LogP contribution in [-0.4, -0.2) is 64.1 Å². The highest BCUT2D eigenvalue weighted by Crippen LogP contribution is 2.24. The zero-order chi connectivity index (χ0) is 13.5. The predicted molar refractivity (Wildman–Crippen MR) is 63.1 cm³/mol. The average molecular weight is 260 g/mol. The lowest BCUT2D eigenvalue weighted by atomic mass is 9.91. The Balaban J connectivity index is 2.54. The van der Waals surface area contributed by atoms with E-state index in [9.17, 15) is 9.59 Å². The molecule has 0 aromatic carbocycles. The third-order valence-corrected chi connectivity index (χ3v) is 3.11. The molecule has 0 radical (unpaired) electrons. The number of aliphatic hydroxyl groups excluding tert-OH is 2. The Kier molecular flexibility index (Phi) is 5.87. The summed E-state index contributed by atoms with van der Waals surface area (Å²) >= 11 is 0. The maximum Gasteiger partial charge on any atom is 0.328 e. The van der Waals surface area contributed by atoms with E-state index in [-0.39, 0.29) is 12.6 Å². The van der Waals surface area contributed by atoms with Crippen LogP contribution in [-0.2, 0) is 4.79 Å². The number of carboxylic acids is 1. The second kappa shape index (κ2) is 7.17. The van der Waals surface area contributed by atoms with Gasteiger partial charge in [0.05, 0.1) is 6.61 Å². The minimum Gasteiger partial charge on any atom is -0.480 e. The molecule has 1 atom stereocenters. The molecule has 0 spiro atoms. The first kappa shape index (κ1) is 14.7. The van der Waals surface area contributed by atoms with E-state index in [1.807, 2.05) is 0 Å². The molecule has 1 rings (SSSR count). The number of rotatable bonds is 7. The summed E-state index contributed by atoms with van der Waals surface area (Å²) in [7, 11) is 0. The van der Waals surface area contributed by atoms with Gasteiger partial charge in [0.25, 0.3) is 0 Å². The van der Waals surface area contributed by atoms with E-state index in [0.717, 1.165) is 19.3 Å². The number of urea groups is 1. The maximum atomic E-state index is 11.9. The Morgan fingerprint density at radius 1 is 1.33 bits per heavy atom. The number of nitrogens with one attached hydrogen (secondary N) is 1. The number of hydrogen-bond donors (Lipinski definition) is 4. The van der Waals surface area contributed by atoms with Crippen LogP contribution in [0.25, 0.3) is 0 Å². The zero-order valence-corrected chi connectivity index (χ0v) is 10.2. The molecule has 1 fully saturated rings.